The van der Waals surface area contributed by atoms with Gasteiger partial charge in [-0.05, 0) is 44.6 Å². The Morgan fingerprint density at radius 3 is 3.05 bits per heavy atom. The lowest BCUT2D eigenvalue weighted by atomic mass is 9.94. The van der Waals surface area contributed by atoms with E-state index in [9.17, 15) is 0 Å². The molecule has 4 heteroatoms. The summed E-state index contributed by atoms with van der Waals surface area (Å²) in [6.45, 7) is 3.46. The Hall–Kier alpha value is -1.29. The fraction of sp³-hybridized carbons (Fsp3) is 0.688. The summed E-state index contributed by atoms with van der Waals surface area (Å²) in [5.41, 5.74) is 1.26. The number of hydrogen-bond donors (Lipinski definition) is 1. The number of piperidine rings is 1. The zero-order valence-corrected chi connectivity index (χ0v) is 12.5. The highest BCUT2D eigenvalue weighted by Crippen LogP contribution is 2.21. The molecule has 0 aromatic carbocycles. The van der Waals surface area contributed by atoms with E-state index in [0.29, 0.717) is 6.04 Å². The third-order valence-corrected chi connectivity index (χ3v) is 4.55. The molecule has 1 N–H and O–H groups in total. The molecule has 3 rings (SSSR count). The normalized spacial score (nSPS) is 26.9. The third-order valence-electron chi connectivity index (χ3n) is 4.55. The average Bonchev–Trinajstić information content (AvgIpc) is 2.93. The lowest BCUT2D eigenvalue weighted by Crippen LogP contribution is -2.47. The molecule has 0 amide bonds. The predicted molar refractivity (Wildman–Crippen MR) is 82.9 cm³/mol. The summed E-state index contributed by atoms with van der Waals surface area (Å²) >= 11 is 0. The first kappa shape index (κ1) is 13.7. The summed E-state index contributed by atoms with van der Waals surface area (Å²) in [7, 11) is 1.99. The smallest absolute Gasteiger partial charge is 0.0752 e. The first-order valence-corrected chi connectivity index (χ1v) is 7.93. The van der Waals surface area contributed by atoms with Crippen LogP contribution in [0.15, 0.2) is 24.5 Å². The maximum absolute atomic E-state index is 4.28. The fourth-order valence-corrected chi connectivity index (χ4v) is 3.32. The zero-order chi connectivity index (χ0) is 13.8. The minimum atomic E-state index is 0.634. The fourth-order valence-electron chi connectivity index (χ4n) is 3.32. The van der Waals surface area contributed by atoms with Gasteiger partial charge in [-0.25, -0.2) is 0 Å². The minimum absolute atomic E-state index is 0.634. The lowest BCUT2D eigenvalue weighted by Gasteiger charge is -2.34. The highest BCUT2D eigenvalue weighted by atomic mass is 15.3. The second-order valence-corrected chi connectivity index (χ2v) is 6.22. The van der Waals surface area contributed by atoms with Crippen molar-refractivity contribution < 1.29 is 0 Å². The topological polar surface area (TPSA) is 33.1 Å². The molecule has 1 aromatic rings. The molecule has 0 bridgehead atoms. The molecular weight excluding hydrogens is 248 g/mol. The molecule has 110 valence electrons. The van der Waals surface area contributed by atoms with Gasteiger partial charge in [0.1, 0.15) is 0 Å². The van der Waals surface area contributed by atoms with Gasteiger partial charge < -0.3 is 10.2 Å². The van der Waals surface area contributed by atoms with Crippen molar-refractivity contribution in [3.8, 4) is 0 Å². The highest BCUT2D eigenvalue weighted by molar-refractivity contribution is 5.42. The van der Waals surface area contributed by atoms with Gasteiger partial charge in [-0.3, -0.25) is 4.68 Å². The Bertz CT molecular complexity index is 451. The van der Waals surface area contributed by atoms with Crippen LogP contribution in [0.1, 0.15) is 32.1 Å². The van der Waals surface area contributed by atoms with Gasteiger partial charge in [0.25, 0.3) is 0 Å². The molecule has 0 spiro atoms. The zero-order valence-electron chi connectivity index (χ0n) is 12.5. The van der Waals surface area contributed by atoms with Gasteiger partial charge in [-0.1, -0.05) is 12.2 Å². The Morgan fingerprint density at radius 1 is 1.35 bits per heavy atom. The van der Waals surface area contributed by atoms with E-state index < -0.39 is 0 Å². The van der Waals surface area contributed by atoms with Crippen LogP contribution in [0.25, 0.3) is 0 Å². The number of hydrogen-bond acceptors (Lipinski definition) is 3. The summed E-state index contributed by atoms with van der Waals surface area (Å²) in [5, 5.41) is 8.08. The Kier molecular flexibility index (Phi) is 4.41. The summed E-state index contributed by atoms with van der Waals surface area (Å²) in [6.07, 6.45) is 15.2. The lowest BCUT2D eigenvalue weighted by molar-refractivity contribution is 0.367. The second-order valence-electron chi connectivity index (χ2n) is 6.22. The largest absolute Gasteiger partial charge is 0.367 e. The van der Waals surface area contributed by atoms with E-state index in [1.54, 1.807) is 0 Å². The standard InChI is InChI=1S/C16H26N4/c1-19-13-16(11-18-19)20-9-5-8-15(12-20)17-10-14-6-3-2-4-7-14/h2-3,11,13-15,17H,4-10,12H2,1H3/t14-,15+/m0/s1. The molecule has 2 aliphatic rings. The van der Waals surface area contributed by atoms with Crippen LogP contribution in [-0.2, 0) is 7.05 Å². The molecule has 2 atom stereocenters. The van der Waals surface area contributed by atoms with E-state index >= 15 is 0 Å². The van der Waals surface area contributed by atoms with Gasteiger partial charge >= 0.3 is 0 Å². The molecule has 0 unspecified atom stereocenters. The maximum Gasteiger partial charge on any atom is 0.0752 e. The molecule has 0 saturated carbocycles. The second kappa shape index (κ2) is 6.44. The van der Waals surface area contributed by atoms with Crippen LogP contribution >= 0.6 is 0 Å². The van der Waals surface area contributed by atoms with E-state index in [-0.39, 0.29) is 0 Å². The molecular formula is C16H26N4. The van der Waals surface area contributed by atoms with E-state index in [4.69, 9.17) is 0 Å². The van der Waals surface area contributed by atoms with Crippen molar-refractivity contribution in [2.75, 3.05) is 24.5 Å². The summed E-state index contributed by atoms with van der Waals surface area (Å²) < 4.78 is 1.89. The van der Waals surface area contributed by atoms with Gasteiger partial charge in [0, 0.05) is 32.4 Å². The number of anilines is 1. The van der Waals surface area contributed by atoms with E-state index in [1.807, 2.05) is 17.9 Å². The summed E-state index contributed by atoms with van der Waals surface area (Å²) in [5.74, 6) is 0.841. The van der Waals surface area contributed by atoms with Crippen LogP contribution in [0.5, 0.6) is 0 Å². The molecule has 1 aromatic heterocycles. The first-order valence-electron chi connectivity index (χ1n) is 7.93. The SMILES string of the molecule is Cn1cc(N2CCC[C@@H](NC[C@H]3CC=CCC3)C2)cn1. The van der Waals surface area contributed by atoms with E-state index in [0.717, 1.165) is 19.0 Å². The molecule has 1 saturated heterocycles. The van der Waals surface area contributed by atoms with E-state index in [2.05, 4.69) is 33.7 Å². The number of nitrogens with zero attached hydrogens (tertiary/aromatic N) is 3. The van der Waals surface area contributed by atoms with Gasteiger partial charge in [0.2, 0.25) is 0 Å². The predicted octanol–water partition coefficient (Wildman–Crippen LogP) is 2.33. The van der Waals surface area contributed by atoms with Crippen molar-refractivity contribution >= 4 is 5.69 Å². The van der Waals surface area contributed by atoms with Gasteiger partial charge in [-0.2, -0.15) is 5.10 Å². The van der Waals surface area contributed by atoms with Crippen molar-refractivity contribution in [3.63, 3.8) is 0 Å². The first-order chi connectivity index (χ1) is 9.81. The van der Waals surface area contributed by atoms with E-state index in [1.165, 1.54) is 44.3 Å². The van der Waals surface area contributed by atoms with Crippen molar-refractivity contribution in [2.24, 2.45) is 13.0 Å². The van der Waals surface area contributed by atoms with Crippen molar-refractivity contribution in [1.82, 2.24) is 15.1 Å². The minimum Gasteiger partial charge on any atom is -0.367 e. The van der Waals surface area contributed by atoms with Crippen LogP contribution in [0.3, 0.4) is 0 Å². The van der Waals surface area contributed by atoms with Gasteiger partial charge in [-0.15, -0.1) is 0 Å². The number of rotatable bonds is 4. The molecule has 20 heavy (non-hydrogen) atoms. The number of aryl methyl sites for hydroxylation is 1. The van der Waals surface area contributed by atoms with Crippen LogP contribution in [0, 0.1) is 5.92 Å². The molecule has 2 heterocycles. The Morgan fingerprint density at radius 2 is 2.30 bits per heavy atom. The van der Waals surface area contributed by atoms with Crippen LogP contribution < -0.4 is 10.2 Å². The van der Waals surface area contributed by atoms with Crippen LogP contribution in [0.2, 0.25) is 0 Å². The monoisotopic (exact) mass is 274 g/mol. The average molecular weight is 274 g/mol. The Labute approximate surface area is 121 Å². The van der Waals surface area contributed by atoms with Crippen LogP contribution in [0.4, 0.5) is 5.69 Å². The number of nitrogens with one attached hydrogen (secondary N) is 1. The maximum atomic E-state index is 4.28. The summed E-state index contributed by atoms with van der Waals surface area (Å²) in [6, 6.07) is 0.634. The quantitative estimate of drug-likeness (QED) is 0.856. The van der Waals surface area contributed by atoms with Gasteiger partial charge in [0.05, 0.1) is 11.9 Å². The van der Waals surface area contributed by atoms with Crippen molar-refractivity contribution in [2.45, 2.75) is 38.1 Å². The Balaban J connectivity index is 1.49. The van der Waals surface area contributed by atoms with Crippen LogP contribution in [-0.4, -0.2) is 35.5 Å². The molecule has 1 aliphatic carbocycles. The highest BCUT2D eigenvalue weighted by Gasteiger charge is 2.21. The van der Waals surface area contributed by atoms with Crippen molar-refractivity contribution in [1.29, 1.82) is 0 Å². The molecule has 1 fully saturated rings. The van der Waals surface area contributed by atoms with Crippen molar-refractivity contribution in [3.05, 3.63) is 24.5 Å². The van der Waals surface area contributed by atoms with Gasteiger partial charge in [0.15, 0.2) is 0 Å². The molecule has 4 nitrogen and oxygen atoms in total. The molecule has 1 aliphatic heterocycles. The summed E-state index contributed by atoms with van der Waals surface area (Å²) in [4.78, 5) is 2.47. The number of allylic oxidation sites excluding steroid dienone is 2. The third kappa shape index (κ3) is 3.42. The number of aromatic nitrogens is 2. The molecule has 0 radical (unpaired) electrons.